The van der Waals surface area contributed by atoms with Crippen LogP contribution in [0, 0.1) is 0 Å². The van der Waals surface area contributed by atoms with Crippen LogP contribution >= 0.6 is 15.9 Å². The molecule has 1 aromatic carbocycles. The molecule has 7 heteroatoms. The molecule has 3 rings (SSSR count). The number of hydrogen-bond donors (Lipinski definition) is 1. The molecule has 3 aromatic rings. The van der Waals surface area contributed by atoms with Gasteiger partial charge in [0, 0.05) is 55.2 Å². The summed E-state index contributed by atoms with van der Waals surface area (Å²) in [5.41, 5.74) is 2.70. The van der Waals surface area contributed by atoms with Crippen LogP contribution in [0.15, 0.2) is 56.3 Å². The van der Waals surface area contributed by atoms with Gasteiger partial charge in [0.1, 0.15) is 12.1 Å². The van der Waals surface area contributed by atoms with Crippen LogP contribution in [0.3, 0.4) is 0 Å². The van der Waals surface area contributed by atoms with Gasteiger partial charge in [-0.2, -0.15) is 4.57 Å². The van der Waals surface area contributed by atoms with E-state index in [1.54, 1.807) is 6.08 Å². The van der Waals surface area contributed by atoms with E-state index in [4.69, 9.17) is 9.52 Å². The Labute approximate surface area is 202 Å². The molecule has 0 amide bonds. The predicted octanol–water partition coefficient (Wildman–Crippen LogP) is 5.50. The van der Waals surface area contributed by atoms with E-state index in [0.29, 0.717) is 17.6 Å². The summed E-state index contributed by atoms with van der Waals surface area (Å²) in [7, 11) is 0. The summed E-state index contributed by atoms with van der Waals surface area (Å²) in [6.07, 6.45) is 8.28. The van der Waals surface area contributed by atoms with Crippen LogP contribution in [0.25, 0.3) is 23.1 Å². The van der Waals surface area contributed by atoms with E-state index in [2.05, 4.69) is 45.3 Å². The first-order valence-corrected chi connectivity index (χ1v) is 12.1. The zero-order valence-corrected chi connectivity index (χ0v) is 20.7. The van der Waals surface area contributed by atoms with Crippen LogP contribution in [0.1, 0.15) is 50.8 Å². The summed E-state index contributed by atoms with van der Waals surface area (Å²) in [6.45, 7) is 6.74. The fourth-order valence-electron chi connectivity index (χ4n) is 3.80. The number of benzene rings is 1. The number of hydrogen-bond acceptors (Lipinski definition) is 4. The number of aryl methyl sites for hydroxylation is 1. The minimum atomic E-state index is -0.757. The minimum Gasteiger partial charge on any atom is -0.481 e. The van der Waals surface area contributed by atoms with Crippen LogP contribution < -0.4 is 15.1 Å². The van der Waals surface area contributed by atoms with Crippen molar-refractivity contribution in [3.63, 3.8) is 0 Å². The number of anilines is 1. The van der Waals surface area contributed by atoms with E-state index in [1.165, 1.54) is 0 Å². The molecule has 2 aromatic heterocycles. The summed E-state index contributed by atoms with van der Waals surface area (Å²) in [6, 6.07) is 11.8. The molecule has 174 valence electrons. The molecule has 0 fully saturated rings. The highest BCUT2D eigenvalue weighted by Gasteiger charge is 2.11. The molecule has 0 aliphatic heterocycles. The highest BCUT2D eigenvalue weighted by Crippen LogP contribution is 2.22. The topological polar surface area (TPSA) is 74.6 Å². The molecule has 0 bridgehead atoms. The van der Waals surface area contributed by atoms with Crippen LogP contribution in [0.2, 0.25) is 0 Å². The van der Waals surface area contributed by atoms with E-state index >= 15 is 0 Å². The Bertz CT molecular complexity index is 1200. The first kappa shape index (κ1) is 24.7. The van der Waals surface area contributed by atoms with Gasteiger partial charge in [0.2, 0.25) is 5.69 Å². The van der Waals surface area contributed by atoms with Crippen LogP contribution in [0.5, 0.6) is 0 Å². The average Bonchev–Trinajstić information content (AvgIpc) is 2.79. The predicted molar refractivity (Wildman–Crippen MR) is 135 cm³/mol. The molecule has 0 aliphatic carbocycles. The molecule has 0 aliphatic rings. The first-order valence-electron chi connectivity index (χ1n) is 11.3. The van der Waals surface area contributed by atoms with Gasteiger partial charge in [-0.3, -0.25) is 4.79 Å². The molecule has 1 N–H and O–H groups in total. The number of rotatable bonds is 11. The van der Waals surface area contributed by atoms with Crippen molar-refractivity contribution in [3.8, 4) is 0 Å². The maximum absolute atomic E-state index is 12.6. The third-order valence-electron chi connectivity index (χ3n) is 5.62. The normalized spacial score (nSPS) is 11.4. The molecule has 6 nitrogen and oxygen atoms in total. The lowest BCUT2D eigenvalue weighted by Gasteiger charge is -2.20. The lowest BCUT2D eigenvalue weighted by molar-refractivity contribution is -0.699. The number of nitrogens with zero attached hydrogens (tertiary/aromatic N) is 2. The average molecular weight is 514 g/mol. The number of carboxylic acids is 1. The number of carbonyl (C=O) groups is 1. The Morgan fingerprint density at radius 1 is 1.09 bits per heavy atom. The standard InChI is InChI=1S/C26H29BrN2O4/c1-3-28(4-2)23-13-9-19-16-20(26(32)33-24(19)17-23)10-12-22-14-11-21(27)18-29(22)15-7-5-6-8-25(30)31/h9-14,16-18H,3-8,15H2,1-2H3/p+1. The largest absolute Gasteiger partial charge is 0.481 e. The van der Waals surface area contributed by atoms with Gasteiger partial charge in [0.25, 0.3) is 0 Å². The quantitative estimate of drug-likeness (QED) is 0.208. The third kappa shape index (κ3) is 6.78. The highest BCUT2D eigenvalue weighted by molar-refractivity contribution is 9.10. The Morgan fingerprint density at radius 3 is 2.61 bits per heavy atom. The maximum atomic E-state index is 12.6. The SMILES string of the molecule is CCN(CC)c1ccc2cc(C=Cc3ccc(Br)c[n+]3CCCCCC(=O)O)c(=O)oc2c1. The van der Waals surface area contributed by atoms with Crippen LogP contribution in [-0.4, -0.2) is 24.2 Å². The van der Waals surface area contributed by atoms with Gasteiger partial charge in [0.15, 0.2) is 6.20 Å². The van der Waals surface area contributed by atoms with Crippen molar-refractivity contribution in [1.82, 2.24) is 0 Å². The van der Waals surface area contributed by atoms with Gasteiger partial charge in [-0.1, -0.05) is 0 Å². The monoisotopic (exact) mass is 513 g/mol. The summed E-state index contributed by atoms with van der Waals surface area (Å²) < 4.78 is 8.68. The highest BCUT2D eigenvalue weighted by atomic mass is 79.9. The summed E-state index contributed by atoms with van der Waals surface area (Å²) >= 11 is 3.51. The number of carboxylic acid groups (broad SMARTS) is 1. The smallest absolute Gasteiger partial charge is 0.343 e. The number of fused-ring (bicyclic) bond motifs is 1. The lowest BCUT2D eigenvalue weighted by Crippen LogP contribution is -2.36. The van der Waals surface area contributed by atoms with Gasteiger partial charge in [0.05, 0.1) is 10.0 Å². The number of aliphatic carboxylic acids is 1. The maximum Gasteiger partial charge on any atom is 0.343 e. The molecule has 0 saturated carbocycles. The van der Waals surface area contributed by atoms with Crippen LogP contribution in [-0.2, 0) is 11.3 Å². The third-order valence-corrected chi connectivity index (χ3v) is 6.09. The molecule has 2 heterocycles. The summed E-state index contributed by atoms with van der Waals surface area (Å²) in [5.74, 6) is -0.757. The van der Waals surface area contributed by atoms with Crippen LogP contribution in [0.4, 0.5) is 5.69 Å². The second-order valence-electron chi connectivity index (χ2n) is 7.89. The van der Waals surface area contributed by atoms with E-state index in [-0.39, 0.29) is 12.0 Å². The molecule has 0 radical (unpaired) electrons. The molecular formula is C26H30BrN2O4+. The molecule has 0 atom stereocenters. The Hall–Kier alpha value is -2.93. The van der Waals surface area contributed by atoms with Crippen molar-refractivity contribution in [2.45, 2.75) is 46.1 Å². The van der Waals surface area contributed by atoms with Crippen molar-refractivity contribution in [3.05, 3.63) is 68.7 Å². The van der Waals surface area contributed by atoms with Gasteiger partial charge in [-0.05, 0) is 73.0 Å². The Morgan fingerprint density at radius 2 is 1.88 bits per heavy atom. The van der Waals surface area contributed by atoms with Crippen molar-refractivity contribution < 1.29 is 18.9 Å². The first-order chi connectivity index (χ1) is 15.9. The molecule has 33 heavy (non-hydrogen) atoms. The second kappa shape index (κ2) is 11.8. The zero-order valence-electron chi connectivity index (χ0n) is 19.1. The van der Waals surface area contributed by atoms with Crippen molar-refractivity contribution in [1.29, 1.82) is 0 Å². The van der Waals surface area contributed by atoms with Gasteiger partial charge < -0.3 is 14.4 Å². The van der Waals surface area contributed by atoms with Gasteiger partial charge >= 0.3 is 11.6 Å². The number of aromatic nitrogens is 1. The number of halogens is 1. The van der Waals surface area contributed by atoms with Gasteiger partial charge in [-0.15, -0.1) is 0 Å². The molecule has 0 unspecified atom stereocenters. The second-order valence-corrected chi connectivity index (χ2v) is 8.80. The lowest BCUT2D eigenvalue weighted by atomic mass is 10.1. The minimum absolute atomic E-state index is 0.198. The number of pyridine rings is 1. The Balaban J connectivity index is 1.80. The Kier molecular flexibility index (Phi) is 8.83. The van der Waals surface area contributed by atoms with Gasteiger partial charge in [-0.25, -0.2) is 4.79 Å². The van der Waals surface area contributed by atoms with E-state index in [0.717, 1.165) is 53.7 Å². The van der Waals surface area contributed by atoms with E-state index in [9.17, 15) is 9.59 Å². The van der Waals surface area contributed by atoms with E-state index in [1.807, 2.05) is 42.6 Å². The molecule has 0 spiro atoms. The molecular weight excluding hydrogens is 484 g/mol. The van der Waals surface area contributed by atoms with Crippen molar-refractivity contribution in [2.75, 3.05) is 18.0 Å². The fraction of sp³-hybridized carbons (Fsp3) is 0.346. The summed E-state index contributed by atoms with van der Waals surface area (Å²) in [4.78, 5) is 25.5. The van der Waals surface area contributed by atoms with Crippen molar-refractivity contribution >= 4 is 50.7 Å². The summed E-state index contributed by atoms with van der Waals surface area (Å²) in [5, 5.41) is 9.66. The van der Waals surface area contributed by atoms with Crippen molar-refractivity contribution in [2.24, 2.45) is 0 Å². The van der Waals surface area contributed by atoms with E-state index < -0.39 is 5.97 Å². The fourth-order valence-corrected chi connectivity index (χ4v) is 4.18. The zero-order chi connectivity index (χ0) is 23.8. The molecule has 0 saturated heterocycles. The number of unbranched alkanes of at least 4 members (excludes halogenated alkanes) is 2.